The second-order valence-corrected chi connectivity index (χ2v) is 5.17. The normalized spacial score (nSPS) is 11.1. The Morgan fingerprint density at radius 2 is 2.00 bits per heavy atom. The first-order chi connectivity index (χ1) is 10.7. The molecule has 2 aromatic heterocycles. The van der Waals surface area contributed by atoms with Gasteiger partial charge in [0.15, 0.2) is 0 Å². The van der Waals surface area contributed by atoms with Gasteiger partial charge >= 0.3 is 0 Å². The van der Waals surface area contributed by atoms with Crippen LogP contribution in [-0.2, 0) is 6.42 Å². The van der Waals surface area contributed by atoms with E-state index >= 15 is 0 Å². The molecule has 3 aromatic rings. The van der Waals surface area contributed by atoms with Crippen molar-refractivity contribution in [3.8, 4) is 0 Å². The first kappa shape index (κ1) is 14.4. The first-order valence-electron chi connectivity index (χ1n) is 6.75. The van der Waals surface area contributed by atoms with E-state index in [1.165, 1.54) is 4.68 Å². The van der Waals surface area contributed by atoms with Crippen molar-refractivity contribution in [2.24, 2.45) is 0 Å². The molecule has 5 heteroatoms. The molecule has 0 atom stereocenters. The molecule has 0 aliphatic rings. The van der Waals surface area contributed by atoms with Gasteiger partial charge in [0.2, 0.25) is 0 Å². The lowest BCUT2D eigenvalue weighted by molar-refractivity contribution is 0.0898. The number of aromatic nitrogens is 2. The minimum Gasteiger partial charge on any atom is -0.465 e. The molecule has 0 aliphatic heterocycles. The van der Waals surface area contributed by atoms with Crippen LogP contribution in [-0.4, -0.2) is 15.7 Å². The van der Waals surface area contributed by atoms with Crippen molar-refractivity contribution in [2.45, 2.75) is 6.42 Å². The number of furan rings is 1. The molecule has 2 heterocycles. The number of halogens is 1. The Labute approximate surface area is 132 Å². The number of carbonyl (C=O) groups is 1. The summed E-state index contributed by atoms with van der Waals surface area (Å²) in [5.74, 6) is 0.641. The number of benzene rings is 1. The zero-order valence-electron chi connectivity index (χ0n) is 11.6. The van der Waals surface area contributed by atoms with Crippen molar-refractivity contribution in [2.75, 3.05) is 0 Å². The van der Waals surface area contributed by atoms with Crippen LogP contribution in [0.4, 0.5) is 0 Å². The summed E-state index contributed by atoms with van der Waals surface area (Å²) in [4.78, 5) is 12.2. The summed E-state index contributed by atoms with van der Waals surface area (Å²) in [5.41, 5.74) is 1.60. The van der Waals surface area contributed by atoms with E-state index in [1.807, 2.05) is 24.3 Å². The highest BCUT2D eigenvalue weighted by molar-refractivity contribution is 6.30. The van der Waals surface area contributed by atoms with E-state index in [-0.39, 0.29) is 12.3 Å². The predicted octanol–water partition coefficient (Wildman–Crippen LogP) is 4.18. The number of hydrogen-bond donors (Lipinski definition) is 0. The van der Waals surface area contributed by atoms with Crippen molar-refractivity contribution in [1.82, 2.24) is 9.78 Å². The Morgan fingerprint density at radius 1 is 1.18 bits per heavy atom. The molecular weight excluding hydrogens is 300 g/mol. The van der Waals surface area contributed by atoms with Crippen LogP contribution >= 0.6 is 11.6 Å². The molecule has 4 nitrogen and oxygen atoms in total. The van der Waals surface area contributed by atoms with E-state index in [9.17, 15) is 4.79 Å². The largest absolute Gasteiger partial charge is 0.465 e. The highest BCUT2D eigenvalue weighted by Crippen LogP contribution is 2.11. The monoisotopic (exact) mass is 312 g/mol. The third-order valence-electron chi connectivity index (χ3n) is 3.10. The maximum atomic E-state index is 12.2. The summed E-state index contributed by atoms with van der Waals surface area (Å²) in [7, 11) is 0. The lowest BCUT2D eigenvalue weighted by Gasteiger charge is -2.01. The average Bonchev–Trinajstić information content (AvgIpc) is 3.18. The lowest BCUT2D eigenvalue weighted by Crippen LogP contribution is -2.14. The molecule has 0 fully saturated rings. The molecule has 0 amide bonds. The second-order valence-electron chi connectivity index (χ2n) is 4.73. The van der Waals surface area contributed by atoms with Crippen molar-refractivity contribution >= 4 is 29.7 Å². The summed E-state index contributed by atoms with van der Waals surface area (Å²) in [6.07, 6.45) is 7.13. The van der Waals surface area contributed by atoms with Gasteiger partial charge in [-0.3, -0.25) is 4.79 Å². The molecule has 0 bridgehead atoms. The summed E-state index contributed by atoms with van der Waals surface area (Å²) < 4.78 is 6.54. The summed E-state index contributed by atoms with van der Waals surface area (Å²) in [6, 6.07) is 12.6. The van der Waals surface area contributed by atoms with Crippen LogP contribution in [0.3, 0.4) is 0 Å². The van der Waals surface area contributed by atoms with Crippen molar-refractivity contribution in [3.63, 3.8) is 0 Å². The van der Waals surface area contributed by atoms with E-state index in [0.29, 0.717) is 10.7 Å². The first-order valence-corrected chi connectivity index (χ1v) is 7.13. The smallest absolute Gasteiger partial charge is 0.251 e. The van der Waals surface area contributed by atoms with Gasteiger partial charge in [-0.05, 0) is 48.0 Å². The predicted molar refractivity (Wildman–Crippen MR) is 85.6 cm³/mol. The fraction of sp³-hybridized carbons (Fsp3) is 0.0588. The van der Waals surface area contributed by atoms with Crippen molar-refractivity contribution < 1.29 is 9.21 Å². The van der Waals surface area contributed by atoms with Crippen LogP contribution < -0.4 is 0 Å². The Morgan fingerprint density at radius 3 is 2.73 bits per heavy atom. The second kappa shape index (κ2) is 6.45. The van der Waals surface area contributed by atoms with Crippen LogP contribution in [0.1, 0.15) is 21.8 Å². The molecular formula is C17H13ClN2O2. The fourth-order valence-electron chi connectivity index (χ4n) is 1.98. The third-order valence-corrected chi connectivity index (χ3v) is 3.35. The SMILES string of the molecule is O=C(Cc1ccc(Cl)cc1)n1ccc(C=Cc2ccco2)n1. The summed E-state index contributed by atoms with van der Waals surface area (Å²) >= 11 is 5.83. The highest BCUT2D eigenvalue weighted by atomic mass is 35.5. The molecule has 0 N–H and O–H groups in total. The highest BCUT2D eigenvalue weighted by Gasteiger charge is 2.07. The van der Waals surface area contributed by atoms with Crippen molar-refractivity contribution in [3.05, 3.63) is 77.0 Å². The van der Waals surface area contributed by atoms with Gasteiger partial charge < -0.3 is 4.42 Å². The number of hydrogen-bond acceptors (Lipinski definition) is 3. The molecule has 0 spiro atoms. The third kappa shape index (κ3) is 3.54. The molecule has 0 saturated carbocycles. The maximum Gasteiger partial charge on any atom is 0.251 e. The van der Waals surface area contributed by atoms with Crippen molar-refractivity contribution in [1.29, 1.82) is 0 Å². The number of nitrogens with zero attached hydrogens (tertiary/aromatic N) is 2. The quantitative estimate of drug-likeness (QED) is 0.726. The standard InChI is InChI=1S/C17H13ClN2O2/c18-14-5-3-13(4-6-14)12-17(21)20-10-9-15(19-20)7-8-16-2-1-11-22-16/h1-11H,12H2. The van der Waals surface area contributed by atoms with Crippen LogP contribution in [0.25, 0.3) is 12.2 Å². The van der Waals surface area contributed by atoms with Gasteiger partial charge in [0.1, 0.15) is 5.76 Å². The van der Waals surface area contributed by atoms with Gasteiger partial charge in [0, 0.05) is 11.2 Å². The molecule has 22 heavy (non-hydrogen) atoms. The Kier molecular flexibility index (Phi) is 4.21. The molecule has 1 aromatic carbocycles. The average molecular weight is 313 g/mol. The van der Waals surface area contributed by atoms with Crippen LogP contribution in [0.2, 0.25) is 5.02 Å². The van der Waals surface area contributed by atoms with Crippen LogP contribution in [0, 0.1) is 0 Å². The van der Waals surface area contributed by atoms with E-state index in [1.54, 1.807) is 42.8 Å². The minimum absolute atomic E-state index is 0.0972. The zero-order chi connectivity index (χ0) is 15.4. The van der Waals surface area contributed by atoms with E-state index in [2.05, 4.69) is 5.10 Å². The van der Waals surface area contributed by atoms with Crippen LogP contribution in [0.15, 0.2) is 59.3 Å². The summed E-state index contributed by atoms with van der Waals surface area (Å²) in [6.45, 7) is 0. The Bertz CT molecular complexity index is 786. The van der Waals surface area contributed by atoms with E-state index in [4.69, 9.17) is 16.0 Å². The topological polar surface area (TPSA) is 48.0 Å². The van der Waals surface area contributed by atoms with E-state index < -0.39 is 0 Å². The van der Waals surface area contributed by atoms with Gasteiger partial charge in [0.25, 0.3) is 5.91 Å². The number of rotatable bonds is 4. The van der Waals surface area contributed by atoms with Gasteiger partial charge in [-0.1, -0.05) is 23.7 Å². The molecule has 0 unspecified atom stereocenters. The van der Waals surface area contributed by atoms with Gasteiger partial charge in [-0.15, -0.1) is 0 Å². The Hall–Kier alpha value is -2.59. The van der Waals surface area contributed by atoms with E-state index in [0.717, 1.165) is 11.3 Å². The van der Waals surface area contributed by atoms with Gasteiger partial charge in [-0.2, -0.15) is 5.10 Å². The number of carbonyl (C=O) groups excluding carboxylic acids is 1. The lowest BCUT2D eigenvalue weighted by atomic mass is 10.1. The summed E-state index contributed by atoms with van der Waals surface area (Å²) in [5, 5.41) is 4.89. The van der Waals surface area contributed by atoms with Gasteiger partial charge in [0.05, 0.1) is 18.4 Å². The zero-order valence-corrected chi connectivity index (χ0v) is 12.4. The Balaban J connectivity index is 1.67. The molecule has 0 radical (unpaired) electrons. The van der Waals surface area contributed by atoms with Gasteiger partial charge in [-0.25, -0.2) is 4.68 Å². The fourth-order valence-corrected chi connectivity index (χ4v) is 2.10. The van der Waals surface area contributed by atoms with Crippen LogP contribution in [0.5, 0.6) is 0 Å². The molecule has 0 saturated heterocycles. The molecule has 3 rings (SSSR count). The maximum absolute atomic E-state index is 12.2. The molecule has 110 valence electrons. The minimum atomic E-state index is -0.0972. The molecule has 0 aliphatic carbocycles.